The van der Waals surface area contributed by atoms with Crippen molar-refractivity contribution >= 4 is 23.6 Å². The van der Waals surface area contributed by atoms with Crippen LogP contribution in [0.1, 0.15) is 25.7 Å². The van der Waals surface area contributed by atoms with Gasteiger partial charge in [0.15, 0.2) is 0 Å². The van der Waals surface area contributed by atoms with Crippen molar-refractivity contribution in [2.45, 2.75) is 25.7 Å². The number of carbonyl (C=O) groups excluding carboxylic acids is 2. The monoisotopic (exact) mass is 270 g/mol. The van der Waals surface area contributed by atoms with Crippen molar-refractivity contribution in [2.24, 2.45) is 5.41 Å². The van der Waals surface area contributed by atoms with Gasteiger partial charge in [-0.1, -0.05) is 0 Å². The minimum atomic E-state index is 0.262. The fourth-order valence-corrected chi connectivity index (χ4v) is 3.52. The highest BCUT2D eigenvalue weighted by molar-refractivity contribution is 7.99. The number of hydrogen-bond donors (Lipinski definition) is 0. The van der Waals surface area contributed by atoms with Gasteiger partial charge in [0.25, 0.3) is 0 Å². The van der Waals surface area contributed by atoms with E-state index in [9.17, 15) is 9.59 Å². The van der Waals surface area contributed by atoms with Crippen LogP contribution in [-0.2, 0) is 9.59 Å². The summed E-state index contributed by atoms with van der Waals surface area (Å²) in [5, 5.41) is 0. The molecular weight excluding hydrogens is 248 g/mol. The Morgan fingerprint density at radius 2 is 2.00 bits per heavy atom. The molecule has 0 aromatic carbocycles. The lowest BCUT2D eigenvalue weighted by atomic mass is 9.72. The Morgan fingerprint density at radius 1 is 1.33 bits per heavy atom. The van der Waals surface area contributed by atoms with Gasteiger partial charge in [0.1, 0.15) is 0 Å². The van der Waals surface area contributed by atoms with Crippen LogP contribution >= 0.6 is 11.8 Å². The summed E-state index contributed by atoms with van der Waals surface area (Å²) in [5.74, 6) is 1.12. The Bertz CT molecular complexity index is 338. The fraction of sp³-hybridized carbons (Fsp3) is 0.846. The van der Waals surface area contributed by atoms with E-state index in [1.54, 1.807) is 11.8 Å². The van der Waals surface area contributed by atoms with Crippen molar-refractivity contribution in [1.29, 1.82) is 0 Å². The highest BCUT2D eigenvalue weighted by Crippen LogP contribution is 2.39. The summed E-state index contributed by atoms with van der Waals surface area (Å²) in [4.78, 5) is 27.2. The molecule has 0 aromatic rings. The van der Waals surface area contributed by atoms with Crippen molar-refractivity contribution in [1.82, 2.24) is 9.80 Å². The minimum absolute atomic E-state index is 0.262. The van der Waals surface area contributed by atoms with Crippen LogP contribution in [0.2, 0.25) is 0 Å². The van der Waals surface area contributed by atoms with Gasteiger partial charge in [-0.3, -0.25) is 9.59 Å². The Labute approximate surface area is 113 Å². The van der Waals surface area contributed by atoms with Gasteiger partial charge >= 0.3 is 0 Å². The molecule has 2 amide bonds. The first-order valence-corrected chi connectivity index (χ1v) is 7.96. The minimum Gasteiger partial charge on any atom is -0.345 e. The van der Waals surface area contributed by atoms with Crippen molar-refractivity contribution in [3.05, 3.63) is 0 Å². The Hall–Kier alpha value is -0.710. The second kappa shape index (κ2) is 5.51. The lowest BCUT2D eigenvalue weighted by molar-refractivity contribution is -0.140. The molecule has 2 saturated heterocycles. The van der Waals surface area contributed by atoms with E-state index in [0.29, 0.717) is 12.2 Å². The smallest absolute Gasteiger partial charge is 0.232 e. The number of amides is 2. The van der Waals surface area contributed by atoms with E-state index in [4.69, 9.17) is 0 Å². The van der Waals surface area contributed by atoms with E-state index in [1.807, 2.05) is 23.1 Å². The number of likely N-dealkylation sites (tertiary alicyclic amines) is 2. The molecule has 5 heteroatoms. The number of carbonyl (C=O) groups is 2. The van der Waals surface area contributed by atoms with Gasteiger partial charge < -0.3 is 9.80 Å². The summed E-state index contributed by atoms with van der Waals surface area (Å²) >= 11 is 1.59. The van der Waals surface area contributed by atoms with E-state index in [2.05, 4.69) is 0 Å². The van der Waals surface area contributed by atoms with Gasteiger partial charge in [-0.25, -0.2) is 0 Å². The van der Waals surface area contributed by atoms with E-state index < -0.39 is 0 Å². The van der Waals surface area contributed by atoms with Crippen molar-refractivity contribution in [3.63, 3.8) is 0 Å². The molecule has 0 aromatic heterocycles. The Balaban J connectivity index is 1.90. The van der Waals surface area contributed by atoms with E-state index in [-0.39, 0.29) is 17.2 Å². The maximum Gasteiger partial charge on any atom is 0.232 e. The van der Waals surface area contributed by atoms with Crippen LogP contribution in [0.4, 0.5) is 0 Å². The second-order valence-corrected chi connectivity index (χ2v) is 6.43. The standard InChI is InChI=1S/C13H22N2O2S/c1-14-10-13(4-3-11(14)16)5-7-15(8-6-13)12(17)9-18-2/h3-10H2,1-2H3. The second-order valence-electron chi connectivity index (χ2n) is 5.56. The molecule has 1 spiro atoms. The largest absolute Gasteiger partial charge is 0.345 e. The van der Waals surface area contributed by atoms with Gasteiger partial charge in [-0.15, -0.1) is 0 Å². The predicted molar refractivity (Wildman–Crippen MR) is 73.5 cm³/mol. The Kier molecular flexibility index (Phi) is 4.20. The zero-order chi connectivity index (χ0) is 13.2. The summed E-state index contributed by atoms with van der Waals surface area (Å²) in [5.41, 5.74) is 0.277. The van der Waals surface area contributed by atoms with E-state index in [1.165, 1.54) is 0 Å². The number of hydrogen-bond acceptors (Lipinski definition) is 3. The third-order valence-electron chi connectivity index (χ3n) is 4.31. The molecule has 0 N–H and O–H groups in total. The maximum atomic E-state index is 11.8. The summed E-state index contributed by atoms with van der Waals surface area (Å²) in [6.45, 7) is 2.60. The normalized spacial score (nSPS) is 23.6. The molecule has 2 rings (SSSR count). The molecule has 2 aliphatic rings. The number of thioether (sulfide) groups is 1. The molecule has 0 aliphatic carbocycles. The van der Waals surface area contributed by atoms with Crippen molar-refractivity contribution < 1.29 is 9.59 Å². The lowest BCUT2D eigenvalue weighted by Crippen LogP contribution is -2.51. The van der Waals surface area contributed by atoms with Gasteiger partial charge in [-0.2, -0.15) is 11.8 Å². The molecule has 0 atom stereocenters. The summed E-state index contributed by atoms with van der Waals surface area (Å²) in [6, 6.07) is 0. The molecule has 0 saturated carbocycles. The van der Waals surface area contributed by atoms with Gasteiger partial charge in [0, 0.05) is 33.1 Å². The number of piperidine rings is 2. The molecule has 2 heterocycles. The van der Waals surface area contributed by atoms with E-state index >= 15 is 0 Å². The highest BCUT2D eigenvalue weighted by Gasteiger charge is 2.40. The van der Waals surface area contributed by atoms with Crippen LogP contribution < -0.4 is 0 Å². The third-order valence-corrected chi connectivity index (χ3v) is 4.85. The fourth-order valence-electron chi connectivity index (χ4n) is 3.09. The van der Waals surface area contributed by atoms with Crippen LogP contribution in [-0.4, -0.2) is 60.3 Å². The SMILES string of the molecule is CSCC(=O)N1CCC2(CCC(=O)N(C)C2)CC1. The van der Waals surface area contributed by atoms with Crippen molar-refractivity contribution in [2.75, 3.05) is 38.7 Å². The highest BCUT2D eigenvalue weighted by atomic mass is 32.2. The van der Waals surface area contributed by atoms with Gasteiger partial charge in [0.2, 0.25) is 11.8 Å². The number of rotatable bonds is 2. The van der Waals surface area contributed by atoms with Gasteiger partial charge in [-0.05, 0) is 30.9 Å². The van der Waals surface area contributed by atoms with Gasteiger partial charge in [0.05, 0.1) is 5.75 Å². The average molecular weight is 270 g/mol. The lowest BCUT2D eigenvalue weighted by Gasteiger charge is -2.46. The Morgan fingerprint density at radius 3 is 2.56 bits per heavy atom. The van der Waals surface area contributed by atoms with Crippen LogP contribution in [0.25, 0.3) is 0 Å². The first-order chi connectivity index (χ1) is 8.56. The summed E-state index contributed by atoms with van der Waals surface area (Å²) in [7, 11) is 1.90. The molecule has 2 fully saturated rings. The molecule has 0 bridgehead atoms. The molecule has 0 unspecified atom stereocenters. The first-order valence-electron chi connectivity index (χ1n) is 6.57. The molecule has 102 valence electrons. The maximum absolute atomic E-state index is 11.8. The quantitative estimate of drug-likeness (QED) is 0.757. The molecular formula is C13H22N2O2S. The first kappa shape index (κ1) is 13.7. The molecule has 4 nitrogen and oxygen atoms in total. The third kappa shape index (κ3) is 2.82. The summed E-state index contributed by atoms with van der Waals surface area (Å²) in [6.07, 6.45) is 5.73. The van der Waals surface area contributed by atoms with Crippen LogP contribution in [0.3, 0.4) is 0 Å². The van der Waals surface area contributed by atoms with Crippen LogP contribution in [0, 0.1) is 5.41 Å². The van der Waals surface area contributed by atoms with E-state index in [0.717, 1.165) is 38.9 Å². The van der Waals surface area contributed by atoms with Crippen LogP contribution in [0.5, 0.6) is 0 Å². The van der Waals surface area contributed by atoms with Crippen molar-refractivity contribution in [3.8, 4) is 0 Å². The topological polar surface area (TPSA) is 40.6 Å². The summed E-state index contributed by atoms with van der Waals surface area (Å²) < 4.78 is 0. The predicted octanol–water partition coefficient (Wildman–Crippen LogP) is 1.21. The number of nitrogens with zero attached hydrogens (tertiary/aromatic N) is 2. The van der Waals surface area contributed by atoms with Crippen LogP contribution in [0.15, 0.2) is 0 Å². The molecule has 18 heavy (non-hydrogen) atoms. The zero-order valence-corrected chi connectivity index (χ0v) is 12.1. The average Bonchev–Trinajstić information content (AvgIpc) is 2.36. The molecule has 2 aliphatic heterocycles. The molecule has 0 radical (unpaired) electrons. The zero-order valence-electron chi connectivity index (χ0n) is 11.3.